The molecule has 2 aliphatic rings. The summed E-state index contributed by atoms with van der Waals surface area (Å²) in [6.45, 7) is 0.826. The molecule has 3 unspecified atom stereocenters. The highest BCUT2D eigenvalue weighted by Crippen LogP contribution is 2.48. The van der Waals surface area contributed by atoms with Crippen LogP contribution in [0.1, 0.15) is 36.0 Å². The minimum Gasteiger partial charge on any atom is -0.504 e. The van der Waals surface area contributed by atoms with Crippen LogP contribution in [0.15, 0.2) is 18.2 Å². The van der Waals surface area contributed by atoms with Crippen molar-refractivity contribution in [1.82, 2.24) is 4.90 Å². The maximum Gasteiger partial charge on any atom is 0.253 e. The quantitative estimate of drug-likeness (QED) is 0.927. The summed E-state index contributed by atoms with van der Waals surface area (Å²) in [5.74, 6) is 2.74. The molecule has 0 aromatic heterocycles. The van der Waals surface area contributed by atoms with E-state index in [0.717, 1.165) is 18.4 Å². The van der Waals surface area contributed by atoms with Crippen molar-refractivity contribution >= 4 is 5.91 Å². The van der Waals surface area contributed by atoms with Gasteiger partial charge in [-0.2, -0.15) is 0 Å². The van der Waals surface area contributed by atoms with E-state index in [4.69, 9.17) is 4.74 Å². The molecule has 0 saturated heterocycles. The summed E-state index contributed by atoms with van der Waals surface area (Å²) < 4.78 is 5.01. The predicted octanol–water partition coefficient (Wildman–Crippen LogP) is 2.91. The minimum absolute atomic E-state index is 0.0108. The number of carbonyl (C=O) groups is 1. The van der Waals surface area contributed by atoms with Crippen LogP contribution in [0.5, 0.6) is 11.5 Å². The Hall–Kier alpha value is -1.71. The fourth-order valence-corrected chi connectivity index (χ4v) is 4.08. The van der Waals surface area contributed by atoms with Crippen molar-refractivity contribution in [2.45, 2.75) is 25.7 Å². The normalized spacial score (nSPS) is 26.9. The Morgan fingerprint density at radius 3 is 2.76 bits per heavy atom. The highest BCUT2D eigenvalue weighted by molar-refractivity contribution is 5.94. The fourth-order valence-electron chi connectivity index (χ4n) is 4.08. The number of fused-ring (bicyclic) bond motifs is 2. The summed E-state index contributed by atoms with van der Waals surface area (Å²) in [7, 11) is 3.35. The zero-order valence-electron chi connectivity index (χ0n) is 12.7. The van der Waals surface area contributed by atoms with E-state index in [2.05, 4.69) is 0 Å². The van der Waals surface area contributed by atoms with Crippen molar-refractivity contribution in [1.29, 1.82) is 0 Å². The van der Waals surface area contributed by atoms with Gasteiger partial charge in [0.15, 0.2) is 11.5 Å². The second-order valence-corrected chi connectivity index (χ2v) is 6.51. The van der Waals surface area contributed by atoms with Crippen LogP contribution in [0.4, 0.5) is 0 Å². The molecule has 1 N–H and O–H groups in total. The molecule has 3 atom stereocenters. The van der Waals surface area contributed by atoms with Crippen molar-refractivity contribution in [3.8, 4) is 11.5 Å². The van der Waals surface area contributed by atoms with E-state index in [1.807, 2.05) is 7.05 Å². The van der Waals surface area contributed by atoms with E-state index in [-0.39, 0.29) is 11.7 Å². The van der Waals surface area contributed by atoms with Crippen LogP contribution in [0, 0.1) is 17.8 Å². The molecule has 1 amide bonds. The smallest absolute Gasteiger partial charge is 0.253 e. The van der Waals surface area contributed by atoms with Gasteiger partial charge in [-0.15, -0.1) is 0 Å². The molecule has 4 heteroatoms. The minimum atomic E-state index is -0.0317. The van der Waals surface area contributed by atoms with Gasteiger partial charge in [-0.1, -0.05) is 6.42 Å². The molecule has 1 aromatic carbocycles. The molecule has 2 bridgehead atoms. The molecule has 0 aliphatic heterocycles. The van der Waals surface area contributed by atoms with Gasteiger partial charge in [0.1, 0.15) is 0 Å². The number of benzene rings is 1. The molecule has 1 aromatic rings. The summed E-state index contributed by atoms with van der Waals surface area (Å²) in [6, 6.07) is 4.82. The molecule has 2 fully saturated rings. The first-order chi connectivity index (χ1) is 10.1. The standard InChI is InChI=1S/C17H23NO3/c1-18(10-14-8-11-3-4-12(14)7-11)17(20)13-5-6-16(21-2)15(19)9-13/h5-6,9,11-12,14,19H,3-4,7-8,10H2,1-2H3. The van der Waals surface area contributed by atoms with Gasteiger partial charge in [0.05, 0.1) is 7.11 Å². The van der Waals surface area contributed by atoms with E-state index in [1.165, 1.54) is 38.9 Å². The number of methoxy groups -OCH3 is 1. The van der Waals surface area contributed by atoms with Gasteiger partial charge in [-0.25, -0.2) is 0 Å². The number of phenols is 1. The Morgan fingerprint density at radius 2 is 2.19 bits per heavy atom. The molecule has 2 aliphatic carbocycles. The molecular formula is C17H23NO3. The number of aromatic hydroxyl groups is 1. The molecule has 114 valence electrons. The number of carbonyl (C=O) groups excluding carboxylic acids is 1. The van der Waals surface area contributed by atoms with Gasteiger partial charge in [-0.3, -0.25) is 4.79 Å². The van der Waals surface area contributed by atoms with E-state index in [9.17, 15) is 9.90 Å². The molecule has 0 spiro atoms. The van der Waals surface area contributed by atoms with Gasteiger partial charge < -0.3 is 14.7 Å². The van der Waals surface area contributed by atoms with E-state index in [1.54, 1.807) is 17.0 Å². The number of nitrogens with zero attached hydrogens (tertiary/aromatic N) is 1. The molecular weight excluding hydrogens is 266 g/mol. The Morgan fingerprint density at radius 1 is 1.38 bits per heavy atom. The Bertz CT molecular complexity index is 543. The number of rotatable bonds is 4. The van der Waals surface area contributed by atoms with Crippen molar-refractivity contribution in [2.24, 2.45) is 17.8 Å². The first-order valence-electron chi connectivity index (χ1n) is 7.71. The zero-order chi connectivity index (χ0) is 15.0. The lowest BCUT2D eigenvalue weighted by Crippen LogP contribution is -2.33. The number of amides is 1. The van der Waals surface area contributed by atoms with E-state index >= 15 is 0 Å². The Balaban J connectivity index is 1.65. The first-order valence-corrected chi connectivity index (χ1v) is 7.71. The third kappa shape index (κ3) is 2.71. The molecule has 3 rings (SSSR count). The second kappa shape index (κ2) is 5.58. The van der Waals surface area contributed by atoms with Crippen LogP contribution in [0.25, 0.3) is 0 Å². The van der Waals surface area contributed by atoms with Crippen LogP contribution in [0.2, 0.25) is 0 Å². The van der Waals surface area contributed by atoms with Crippen molar-refractivity contribution in [3.05, 3.63) is 23.8 Å². The topological polar surface area (TPSA) is 49.8 Å². The van der Waals surface area contributed by atoms with Crippen LogP contribution in [-0.4, -0.2) is 36.6 Å². The molecule has 0 radical (unpaired) electrons. The van der Waals surface area contributed by atoms with Crippen molar-refractivity contribution < 1.29 is 14.6 Å². The summed E-state index contributed by atoms with van der Waals surface area (Å²) in [4.78, 5) is 14.3. The molecule has 21 heavy (non-hydrogen) atoms. The zero-order valence-corrected chi connectivity index (χ0v) is 12.7. The molecule has 4 nitrogen and oxygen atoms in total. The lowest BCUT2D eigenvalue weighted by molar-refractivity contribution is 0.0754. The molecule has 2 saturated carbocycles. The summed E-state index contributed by atoms with van der Waals surface area (Å²) >= 11 is 0. The predicted molar refractivity (Wildman–Crippen MR) is 80.6 cm³/mol. The average Bonchev–Trinajstić information content (AvgIpc) is 3.08. The van der Waals surface area contributed by atoms with Crippen LogP contribution >= 0.6 is 0 Å². The number of hydrogen-bond acceptors (Lipinski definition) is 3. The average molecular weight is 289 g/mol. The summed E-state index contributed by atoms with van der Waals surface area (Å²) in [6.07, 6.45) is 5.35. The van der Waals surface area contributed by atoms with Gasteiger partial charge in [-0.05, 0) is 55.2 Å². The number of phenolic OH excluding ortho intramolecular Hbond substituents is 1. The highest BCUT2D eigenvalue weighted by Gasteiger charge is 2.40. The largest absolute Gasteiger partial charge is 0.504 e. The van der Waals surface area contributed by atoms with Gasteiger partial charge in [0.2, 0.25) is 0 Å². The second-order valence-electron chi connectivity index (χ2n) is 6.51. The maximum atomic E-state index is 12.5. The lowest BCUT2D eigenvalue weighted by atomic mass is 9.88. The summed E-state index contributed by atoms with van der Waals surface area (Å²) in [5, 5.41) is 9.80. The van der Waals surface area contributed by atoms with Crippen LogP contribution in [-0.2, 0) is 0 Å². The number of hydrogen-bond donors (Lipinski definition) is 1. The number of ether oxygens (including phenoxy) is 1. The van der Waals surface area contributed by atoms with Crippen LogP contribution < -0.4 is 4.74 Å². The Labute approximate surface area is 125 Å². The van der Waals surface area contributed by atoms with E-state index in [0.29, 0.717) is 17.2 Å². The lowest BCUT2D eigenvalue weighted by Gasteiger charge is -2.27. The van der Waals surface area contributed by atoms with Crippen molar-refractivity contribution in [2.75, 3.05) is 20.7 Å². The van der Waals surface area contributed by atoms with Gasteiger partial charge in [0.25, 0.3) is 5.91 Å². The Kier molecular flexibility index (Phi) is 3.79. The molecule has 0 heterocycles. The SMILES string of the molecule is COc1ccc(C(=O)N(C)CC2CC3CCC2C3)cc1O. The van der Waals surface area contributed by atoms with E-state index < -0.39 is 0 Å². The third-order valence-electron chi connectivity index (χ3n) is 5.17. The maximum absolute atomic E-state index is 12.5. The van der Waals surface area contributed by atoms with Gasteiger partial charge in [0, 0.05) is 19.2 Å². The monoisotopic (exact) mass is 289 g/mol. The fraction of sp³-hybridized carbons (Fsp3) is 0.588. The van der Waals surface area contributed by atoms with Gasteiger partial charge >= 0.3 is 0 Å². The third-order valence-corrected chi connectivity index (χ3v) is 5.17. The highest BCUT2D eigenvalue weighted by atomic mass is 16.5. The first kappa shape index (κ1) is 14.2. The summed E-state index contributed by atoms with van der Waals surface area (Å²) in [5.41, 5.74) is 0.513. The van der Waals surface area contributed by atoms with Crippen LogP contribution in [0.3, 0.4) is 0 Å². The van der Waals surface area contributed by atoms with Crippen molar-refractivity contribution in [3.63, 3.8) is 0 Å².